The van der Waals surface area contributed by atoms with Crippen molar-refractivity contribution in [1.29, 1.82) is 0 Å². The number of nitrogens with zero attached hydrogens (tertiary/aromatic N) is 2. The van der Waals surface area contributed by atoms with Crippen LogP contribution in [0.4, 0.5) is 4.39 Å². The van der Waals surface area contributed by atoms with Gasteiger partial charge in [-0.3, -0.25) is 5.10 Å². The van der Waals surface area contributed by atoms with Crippen LogP contribution in [0.3, 0.4) is 0 Å². The summed E-state index contributed by atoms with van der Waals surface area (Å²) in [5.74, 6) is -0.0134. The van der Waals surface area contributed by atoms with E-state index in [1.165, 1.54) is 18.2 Å². The fourth-order valence-corrected chi connectivity index (χ4v) is 3.08. The van der Waals surface area contributed by atoms with Gasteiger partial charge in [0.15, 0.2) is 15.8 Å². The van der Waals surface area contributed by atoms with E-state index in [0.717, 1.165) is 11.9 Å². The van der Waals surface area contributed by atoms with Crippen molar-refractivity contribution in [1.82, 2.24) is 20.8 Å². The summed E-state index contributed by atoms with van der Waals surface area (Å²) in [7, 11) is -3.21. The topological polar surface area (TPSA) is 99.2 Å². The van der Waals surface area contributed by atoms with Crippen molar-refractivity contribution < 1.29 is 12.8 Å². The van der Waals surface area contributed by atoms with E-state index in [2.05, 4.69) is 25.8 Å². The lowest BCUT2D eigenvalue weighted by Gasteiger charge is -2.12. The van der Waals surface area contributed by atoms with Gasteiger partial charge in [0.2, 0.25) is 0 Å². The van der Waals surface area contributed by atoms with Gasteiger partial charge in [-0.25, -0.2) is 17.8 Å². The minimum Gasteiger partial charge on any atom is -0.357 e. The number of aliphatic imine (C=N–C) groups is 1. The Balaban J connectivity index is 2.14. The van der Waals surface area contributed by atoms with Crippen molar-refractivity contribution in [3.8, 4) is 0 Å². The van der Waals surface area contributed by atoms with Crippen LogP contribution in [0.25, 0.3) is 0 Å². The number of H-pyrrole nitrogens is 1. The summed E-state index contributed by atoms with van der Waals surface area (Å²) >= 11 is 0. The number of aromatic amines is 1. The molecule has 2 rings (SSSR count). The van der Waals surface area contributed by atoms with E-state index >= 15 is 0 Å². The second-order valence-electron chi connectivity index (χ2n) is 5.61. The van der Waals surface area contributed by atoms with Gasteiger partial charge in [0.25, 0.3) is 0 Å². The summed E-state index contributed by atoms with van der Waals surface area (Å²) in [5.41, 5.74) is 2.00. The van der Waals surface area contributed by atoms with Crippen LogP contribution in [0.15, 0.2) is 35.5 Å². The van der Waals surface area contributed by atoms with Crippen molar-refractivity contribution >= 4 is 15.8 Å². The average Bonchev–Trinajstić information content (AvgIpc) is 3.04. The first-order valence-electron chi connectivity index (χ1n) is 7.83. The smallest absolute Gasteiger partial charge is 0.191 e. The molecule has 0 radical (unpaired) electrons. The Kier molecular flexibility index (Phi) is 6.51. The molecule has 0 fully saturated rings. The summed E-state index contributed by atoms with van der Waals surface area (Å²) in [5, 5.41) is 12.9. The Morgan fingerprint density at radius 3 is 2.72 bits per heavy atom. The van der Waals surface area contributed by atoms with E-state index in [1.807, 2.05) is 13.0 Å². The maximum atomic E-state index is 13.5. The molecule has 25 heavy (non-hydrogen) atoms. The number of hydrogen-bond donors (Lipinski definition) is 3. The SMILES string of the molecule is CCNC(=NCc1cc(F)ccc1CS(C)(=O)=O)NCc1ccn[nH]1. The number of nitrogens with one attached hydrogen (secondary N) is 3. The third-order valence-electron chi connectivity index (χ3n) is 3.34. The van der Waals surface area contributed by atoms with E-state index in [-0.39, 0.29) is 12.3 Å². The minimum atomic E-state index is -3.21. The van der Waals surface area contributed by atoms with Crippen molar-refractivity contribution in [3.05, 3.63) is 53.1 Å². The lowest BCUT2D eigenvalue weighted by Crippen LogP contribution is -2.36. The van der Waals surface area contributed by atoms with Gasteiger partial charge in [-0.15, -0.1) is 0 Å². The van der Waals surface area contributed by atoms with Crippen molar-refractivity contribution in [3.63, 3.8) is 0 Å². The van der Waals surface area contributed by atoms with E-state index in [9.17, 15) is 12.8 Å². The standard InChI is InChI=1S/C16H22FN5O2S/c1-3-18-16(20-10-15-6-7-21-22-15)19-9-13-8-14(17)5-4-12(13)11-25(2,23)24/h4-8H,3,9-11H2,1-2H3,(H,21,22)(H2,18,19,20). The van der Waals surface area contributed by atoms with Gasteiger partial charge in [0, 0.05) is 19.0 Å². The lowest BCUT2D eigenvalue weighted by atomic mass is 10.1. The first-order chi connectivity index (χ1) is 11.9. The van der Waals surface area contributed by atoms with Gasteiger partial charge >= 0.3 is 0 Å². The summed E-state index contributed by atoms with van der Waals surface area (Å²) in [6, 6.07) is 5.91. The fraction of sp³-hybridized carbons (Fsp3) is 0.375. The second-order valence-corrected chi connectivity index (χ2v) is 7.75. The van der Waals surface area contributed by atoms with Crippen molar-refractivity contribution in [2.75, 3.05) is 12.8 Å². The number of halogens is 1. The molecule has 0 aliphatic carbocycles. The zero-order chi connectivity index (χ0) is 18.3. The number of benzene rings is 1. The molecule has 136 valence electrons. The van der Waals surface area contributed by atoms with E-state index in [0.29, 0.717) is 30.2 Å². The van der Waals surface area contributed by atoms with Crippen LogP contribution < -0.4 is 10.6 Å². The highest BCUT2D eigenvalue weighted by molar-refractivity contribution is 7.89. The Labute approximate surface area is 146 Å². The third-order valence-corrected chi connectivity index (χ3v) is 4.18. The monoisotopic (exact) mass is 367 g/mol. The van der Waals surface area contributed by atoms with Gasteiger partial charge in [-0.1, -0.05) is 6.07 Å². The quantitative estimate of drug-likeness (QED) is 0.507. The van der Waals surface area contributed by atoms with E-state index in [1.54, 1.807) is 6.20 Å². The molecular weight excluding hydrogens is 345 g/mol. The highest BCUT2D eigenvalue weighted by atomic mass is 32.2. The highest BCUT2D eigenvalue weighted by Crippen LogP contribution is 2.15. The number of guanidine groups is 1. The van der Waals surface area contributed by atoms with Gasteiger partial charge in [-0.05, 0) is 36.2 Å². The molecule has 0 aliphatic heterocycles. The molecule has 9 heteroatoms. The molecule has 0 saturated heterocycles. The Morgan fingerprint density at radius 2 is 2.08 bits per heavy atom. The average molecular weight is 367 g/mol. The molecule has 1 aromatic carbocycles. The Hall–Kier alpha value is -2.42. The molecule has 3 N–H and O–H groups in total. The molecule has 0 amide bonds. The first kappa shape index (κ1) is 18.9. The predicted octanol–water partition coefficient (Wildman–Crippen LogP) is 1.35. The molecule has 1 aromatic heterocycles. The van der Waals surface area contributed by atoms with Gasteiger partial charge in [-0.2, -0.15) is 5.10 Å². The molecule has 1 heterocycles. The molecule has 0 bridgehead atoms. The molecule has 0 atom stereocenters. The van der Waals surface area contributed by atoms with Crippen LogP contribution >= 0.6 is 0 Å². The van der Waals surface area contributed by atoms with E-state index in [4.69, 9.17) is 0 Å². The third kappa shape index (κ3) is 6.54. The van der Waals surface area contributed by atoms with Crippen LogP contribution in [0.2, 0.25) is 0 Å². The second kappa shape index (κ2) is 8.61. The summed E-state index contributed by atoms with van der Waals surface area (Å²) in [6.07, 6.45) is 2.81. The number of hydrogen-bond acceptors (Lipinski definition) is 4. The summed E-state index contributed by atoms with van der Waals surface area (Å²) in [4.78, 5) is 4.41. The minimum absolute atomic E-state index is 0.143. The maximum Gasteiger partial charge on any atom is 0.191 e. The summed E-state index contributed by atoms with van der Waals surface area (Å²) < 4.78 is 36.6. The van der Waals surface area contributed by atoms with Crippen LogP contribution in [-0.2, 0) is 28.7 Å². The number of rotatable bonds is 7. The number of aromatic nitrogens is 2. The Bertz CT molecular complexity index is 819. The first-order valence-corrected chi connectivity index (χ1v) is 9.89. The molecule has 0 saturated carbocycles. The molecular formula is C16H22FN5O2S. The van der Waals surface area contributed by atoms with Gasteiger partial charge in [0.05, 0.1) is 24.5 Å². The largest absolute Gasteiger partial charge is 0.357 e. The zero-order valence-corrected chi connectivity index (χ0v) is 15.0. The molecule has 7 nitrogen and oxygen atoms in total. The zero-order valence-electron chi connectivity index (χ0n) is 14.2. The molecule has 0 unspecified atom stereocenters. The molecule has 0 spiro atoms. The molecule has 0 aliphatic rings. The van der Waals surface area contributed by atoms with Gasteiger partial charge < -0.3 is 10.6 Å². The maximum absolute atomic E-state index is 13.5. The highest BCUT2D eigenvalue weighted by Gasteiger charge is 2.11. The van der Waals surface area contributed by atoms with Crippen LogP contribution in [0.1, 0.15) is 23.7 Å². The Morgan fingerprint density at radius 1 is 1.28 bits per heavy atom. The van der Waals surface area contributed by atoms with Crippen molar-refractivity contribution in [2.24, 2.45) is 4.99 Å². The fourth-order valence-electron chi connectivity index (χ4n) is 2.23. The number of sulfone groups is 1. The normalized spacial score (nSPS) is 12.2. The van der Waals surface area contributed by atoms with Crippen LogP contribution in [-0.4, -0.2) is 37.4 Å². The molecule has 2 aromatic rings. The lowest BCUT2D eigenvalue weighted by molar-refractivity contribution is 0.600. The van der Waals surface area contributed by atoms with Crippen LogP contribution in [0.5, 0.6) is 0 Å². The van der Waals surface area contributed by atoms with Crippen molar-refractivity contribution in [2.45, 2.75) is 25.8 Å². The van der Waals surface area contributed by atoms with Crippen LogP contribution in [0, 0.1) is 5.82 Å². The predicted molar refractivity (Wildman–Crippen MR) is 95.2 cm³/mol. The summed E-state index contributed by atoms with van der Waals surface area (Å²) in [6.45, 7) is 3.27. The van der Waals surface area contributed by atoms with E-state index < -0.39 is 15.7 Å². The van der Waals surface area contributed by atoms with Gasteiger partial charge in [0.1, 0.15) is 5.82 Å².